The third kappa shape index (κ3) is 2.51. The molecule has 0 radical (unpaired) electrons. The Bertz CT molecular complexity index is 501. The van der Waals surface area contributed by atoms with E-state index in [1.165, 1.54) is 0 Å². The first kappa shape index (κ1) is 12.6. The van der Waals surface area contributed by atoms with Gasteiger partial charge in [0, 0.05) is 24.8 Å². The van der Waals surface area contributed by atoms with Gasteiger partial charge in [-0.2, -0.15) is 0 Å². The molecule has 0 aromatic heterocycles. The van der Waals surface area contributed by atoms with Crippen molar-refractivity contribution < 1.29 is 9.59 Å². The number of carbonyl (C=O) groups is 2. The Morgan fingerprint density at radius 2 is 1.72 bits per heavy atom. The number of benzene rings is 1. The number of carbonyl (C=O) groups excluding carboxylic acids is 2. The molecule has 1 aromatic rings. The molecule has 1 aliphatic rings. The maximum Gasteiger partial charge on any atom is 0.146 e. The summed E-state index contributed by atoms with van der Waals surface area (Å²) in [5.74, 6) is 6.24. The highest BCUT2D eigenvalue weighted by Crippen LogP contribution is 2.35. The average Bonchev–Trinajstić information content (AvgIpc) is 2.64. The van der Waals surface area contributed by atoms with Crippen molar-refractivity contribution in [2.45, 2.75) is 32.6 Å². The fourth-order valence-corrected chi connectivity index (χ4v) is 2.21. The molecule has 1 aromatic carbocycles. The lowest BCUT2D eigenvalue weighted by Gasteiger charge is -2.18. The van der Waals surface area contributed by atoms with Crippen molar-refractivity contribution in [3.63, 3.8) is 0 Å². The van der Waals surface area contributed by atoms with Crippen LogP contribution in [-0.2, 0) is 9.59 Å². The SMILES string of the molecule is CC1(CCC#Cc2ccccc2)C(=O)CCC1=O. The van der Waals surface area contributed by atoms with E-state index in [-0.39, 0.29) is 11.6 Å². The van der Waals surface area contributed by atoms with Crippen molar-refractivity contribution in [1.29, 1.82) is 0 Å². The van der Waals surface area contributed by atoms with Crippen LogP contribution in [-0.4, -0.2) is 11.6 Å². The first-order valence-corrected chi connectivity index (χ1v) is 6.23. The summed E-state index contributed by atoms with van der Waals surface area (Å²) in [6, 6.07) is 9.72. The Kier molecular flexibility index (Phi) is 3.62. The molecule has 0 bridgehead atoms. The van der Waals surface area contributed by atoms with Crippen molar-refractivity contribution in [2.24, 2.45) is 5.41 Å². The molecule has 0 unspecified atom stereocenters. The highest BCUT2D eigenvalue weighted by molar-refractivity contribution is 6.12. The zero-order valence-corrected chi connectivity index (χ0v) is 10.5. The Hall–Kier alpha value is -1.88. The number of hydrogen-bond donors (Lipinski definition) is 0. The van der Waals surface area contributed by atoms with E-state index in [1.807, 2.05) is 30.3 Å². The second-order valence-corrected chi connectivity index (χ2v) is 4.85. The minimum Gasteiger partial charge on any atom is -0.299 e. The molecule has 0 aliphatic heterocycles. The predicted octanol–water partition coefficient (Wildman–Crippen LogP) is 2.76. The zero-order chi connectivity index (χ0) is 13.0. The molecule has 0 atom stereocenters. The summed E-state index contributed by atoms with van der Waals surface area (Å²) in [5.41, 5.74) is 0.192. The lowest BCUT2D eigenvalue weighted by Crippen LogP contribution is -2.28. The Labute approximate surface area is 107 Å². The lowest BCUT2D eigenvalue weighted by molar-refractivity contribution is -0.134. The van der Waals surface area contributed by atoms with Gasteiger partial charge in [0.2, 0.25) is 0 Å². The summed E-state index contributed by atoms with van der Waals surface area (Å²) in [4.78, 5) is 23.4. The van der Waals surface area contributed by atoms with Crippen LogP contribution in [0.15, 0.2) is 30.3 Å². The van der Waals surface area contributed by atoms with E-state index < -0.39 is 5.41 Å². The Morgan fingerprint density at radius 1 is 1.11 bits per heavy atom. The standard InChI is InChI=1S/C16H16O2/c1-16(14(17)10-11-15(16)18)12-6-5-9-13-7-3-2-4-8-13/h2-4,7-8H,6,10-12H2,1H3. The molecule has 0 spiro atoms. The van der Waals surface area contributed by atoms with Gasteiger partial charge in [0.25, 0.3) is 0 Å². The van der Waals surface area contributed by atoms with E-state index in [0.29, 0.717) is 25.7 Å². The Morgan fingerprint density at radius 3 is 2.33 bits per heavy atom. The van der Waals surface area contributed by atoms with Crippen molar-refractivity contribution in [3.8, 4) is 11.8 Å². The smallest absolute Gasteiger partial charge is 0.146 e. The fourth-order valence-electron chi connectivity index (χ4n) is 2.21. The van der Waals surface area contributed by atoms with Gasteiger partial charge < -0.3 is 0 Å². The largest absolute Gasteiger partial charge is 0.299 e. The van der Waals surface area contributed by atoms with Crippen LogP contribution in [0.3, 0.4) is 0 Å². The molecule has 2 heteroatoms. The quantitative estimate of drug-likeness (QED) is 0.588. The molecule has 2 rings (SSSR count). The van der Waals surface area contributed by atoms with E-state index >= 15 is 0 Å². The molecule has 18 heavy (non-hydrogen) atoms. The second-order valence-electron chi connectivity index (χ2n) is 4.85. The minimum absolute atomic E-state index is 0.0778. The second kappa shape index (κ2) is 5.18. The predicted molar refractivity (Wildman–Crippen MR) is 69.9 cm³/mol. The van der Waals surface area contributed by atoms with Crippen LogP contribution >= 0.6 is 0 Å². The third-order valence-electron chi connectivity index (χ3n) is 3.57. The van der Waals surface area contributed by atoms with Gasteiger partial charge in [-0.05, 0) is 25.5 Å². The summed E-state index contributed by atoms with van der Waals surface area (Å²) >= 11 is 0. The van der Waals surface area contributed by atoms with Gasteiger partial charge in [0.15, 0.2) is 0 Å². The lowest BCUT2D eigenvalue weighted by atomic mass is 9.82. The normalized spacial score (nSPS) is 17.4. The van der Waals surface area contributed by atoms with Crippen LogP contribution in [0.1, 0.15) is 38.2 Å². The summed E-state index contributed by atoms with van der Waals surface area (Å²) in [7, 11) is 0. The minimum atomic E-state index is -0.772. The molecular formula is C16H16O2. The van der Waals surface area contributed by atoms with Gasteiger partial charge >= 0.3 is 0 Å². The van der Waals surface area contributed by atoms with E-state index in [4.69, 9.17) is 0 Å². The number of rotatable bonds is 2. The maximum absolute atomic E-state index is 11.7. The maximum atomic E-state index is 11.7. The summed E-state index contributed by atoms with van der Waals surface area (Å²) in [6.45, 7) is 1.76. The van der Waals surface area contributed by atoms with Crippen molar-refractivity contribution in [2.75, 3.05) is 0 Å². The topological polar surface area (TPSA) is 34.1 Å². The molecule has 0 N–H and O–H groups in total. The van der Waals surface area contributed by atoms with Crippen LogP contribution in [0.5, 0.6) is 0 Å². The van der Waals surface area contributed by atoms with Gasteiger partial charge in [0.05, 0.1) is 5.41 Å². The molecule has 0 heterocycles. The molecule has 1 saturated carbocycles. The zero-order valence-electron chi connectivity index (χ0n) is 10.5. The van der Waals surface area contributed by atoms with Gasteiger partial charge in [-0.1, -0.05) is 30.0 Å². The summed E-state index contributed by atoms with van der Waals surface area (Å²) in [6.07, 6.45) is 1.94. The van der Waals surface area contributed by atoms with Crippen LogP contribution < -0.4 is 0 Å². The summed E-state index contributed by atoms with van der Waals surface area (Å²) in [5, 5.41) is 0. The van der Waals surface area contributed by atoms with E-state index in [9.17, 15) is 9.59 Å². The summed E-state index contributed by atoms with van der Waals surface area (Å²) < 4.78 is 0. The highest BCUT2D eigenvalue weighted by Gasteiger charge is 2.44. The van der Waals surface area contributed by atoms with Crippen molar-refractivity contribution in [3.05, 3.63) is 35.9 Å². The van der Waals surface area contributed by atoms with Crippen LogP contribution in [0, 0.1) is 17.3 Å². The number of Topliss-reactive ketones (excluding diaryl/α,β-unsaturated/α-hetero) is 2. The molecular weight excluding hydrogens is 224 g/mol. The average molecular weight is 240 g/mol. The van der Waals surface area contributed by atoms with E-state index in [1.54, 1.807) is 6.92 Å². The number of hydrogen-bond acceptors (Lipinski definition) is 2. The van der Waals surface area contributed by atoms with E-state index in [0.717, 1.165) is 5.56 Å². The molecule has 1 fully saturated rings. The van der Waals surface area contributed by atoms with Gasteiger partial charge in [-0.3, -0.25) is 9.59 Å². The van der Waals surface area contributed by atoms with Crippen LogP contribution in [0.2, 0.25) is 0 Å². The fraction of sp³-hybridized carbons (Fsp3) is 0.375. The van der Waals surface area contributed by atoms with Gasteiger partial charge in [0.1, 0.15) is 11.6 Å². The van der Waals surface area contributed by atoms with Gasteiger partial charge in [-0.15, -0.1) is 0 Å². The molecule has 1 aliphatic carbocycles. The van der Waals surface area contributed by atoms with Crippen LogP contribution in [0.25, 0.3) is 0 Å². The monoisotopic (exact) mass is 240 g/mol. The first-order valence-electron chi connectivity index (χ1n) is 6.23. The van der Waals surface area contributed by atoms with E-state index in [2.05, 4.69) is 11.8 Å². The van der Waals surface area contributed by atoms with Crippen molar-refractivity contribution >= 4 is 11.6 Å². The molecule has 0 saturated heterocycles. The molecule has 92 valence electrons. The number of ketones is 2. The highest BCUT2D eigenvalue weighted by atomic mass is 16.2. The van der Waals surface area contributed by atoms with Gasteiger partial charge in [-0.25, -0.2) is 0 Å². The third-order valence-corrected chi connectivity index (χ3v) is 3.57. The molecule has 2 nitrogen and oxygen atoms in total. The Balaban J connectivity index is 1.95. The van der Waals surface area contributed by atoms with Crippen LogP contribution in [0.4, 0.5) is 0 Å². The first-order chi connectivity index (χ1) is 8.63. The van der Waals surface area contributed by atoms with Crippen molar-refractivity contribution in [1.82, 2.24) is 0 Å². The molecule has 0 amide bonds.